The van der Waals surface area contributed by atoms with Crippen molar-refractivity contribution >= 4 is 10.0 Å². The highest BCUT2D eigenvalue weighted by Crippen LogP contribution is 2.34. The lowest BCUT2D eigenvalue weighted by atomic mass is 10.1. The number of halogens is 5. The molecule has 0 spiro atoms. The Morgan fingerprint density at radius 3 is 2.13 bits per heavy atom. The molecule has 1 aromatic carbocycles. The van der Waals surface area contributed by atoms with E-state index < -0.39 is 44.3 Å². The summed E-state index contributed by atoms with van der Waals surface area (Å²) < 4.78 is 90.6. The summed E-state index contributed by atoms with van der Waals surface area (Å²) in [6.45, 7) is 0. The molecule has 4 nitrogen and oxygen atoms in total. The third-order valence-corrected chi connectivity index (χ3v) is 4.18. The highest BCUT2D eigenvalue weighted by atomic mass is 32.2. The first-order chi connectivity index (χ1) is 10.6. The van der Waals surface area contributed by atoms with Gasteiger partial charge in [-0.2, -0.15) is 17.9 Å². The third kappa shape index (κ3) is 4.23. The van der Waals surface area contributed by atoms with Crippen molar-refractivity contribution in [2.75, 3.05) is 0 Å². The molecule has 0 bridgehead atoms. The van der Waals surface area contributed by atoms with Crippen LogP contribution in [0.3, 0.4) is 0 Å². The molecule has 10 heteroatoms. The van der Waals surface area contributed by atoms with Gasteiger partial charge in [0.15, 0.2) is 0 Å². The van der Waals surface area contributed by atoms with Gasteiger partial charge in [-0.3, -0.25) is 4.98 Å². The van der Waals surface area contributed by atoms with E-state index in [9.17, 15) is 30.4 Å². The molecule has 0 aliphatic heterocycles. The van der Waals surface area contributed by atoms with E-state index in [1.807, 2.05) is 0 Å². The first kappa shape index (κ1) is 17.3. The maximum absolute atomic E-state index is 13.1. The van der Waals surface area contributed by atoms with Gasteiger partial charge in [-0.15, -0.1) is 0 Å². The second-order valence-electron chi connectivity index (χ2n) is 4.49. The van der Waals surface area contributed by atoms with Gasteiger partial charge in [-0.25, -0.2) is 17.2 Å². The zero-order valence-corrected chi connectivity index (χ0v) is 12.0. The molecule has 0 aliphatic carbocycles. The normalized spacial score (nSPS) is 13.8. The summed E-state index contributed by atoms with van der Waals surface area (Å²) in [6, 6.07) is 1.07. The highest BCUT2D eigenvalue weighted by molar-refractivity contribution is 7.89. The number of rotatable bonds is 4. The molecule has 1 N–H and O–H groups in total. The Bertz CT molecular complexity index is 791. The van der Waals surface area contributed by atoms with E-state index in [0.29, 0.717) is 18.5 Å². The van der Waals surface area contributed by atoms with Crippen LogP contribution in [-0.2, 0) is 10.0 Å². The van der Waals surface area contributed by atoms with Gasteiger partial charge in [0.1, 0.15) is 22.6 Å². The molecule has 0 unspecified atom stereocenters. The number of aromatic nitrogens is 1. The van der Waals surface area contributed by atoms with Crippen LogP contribution in [0.25, 0.3) is 0 Å². The summed E-state index contributed by atoms with van der Waals surface area (Å²) >= 11 is 0. The van der Waals surface area contributed by atoms with Gasteiger partial charge < -0.3 is 0 Å². The number of sulfonamides is 1. The molecule has 23 heavy (non-hydrogen) atoms. The smallest absolute Gasteiger partial charge is 0.260 e. The molecular weight excluding hydrogens is 343 g/mol. The molecule has 1 atom stereocenters. The second-order valence-corrected chi connectivity index (χ2v) is 6.20. The van der Waals surface area contributed by atoms with Gasteiger partial charge in [0.2, 0.25) is 10.0 Å². The molecule has 0 radical (unpaired) electrons. The monoisotopic (exact) mass is 352 g/mol. The minimum Gasteiger partial charge on any atom is -0.260 e. The number of nitrogens with zero attached hydrogens (tertiary/aromatic N) is 1. The molecule has 2 aromatic rings. The highest BCUT2D eigenvalue weighted by Gasteiger charge is 2.43. The summed E-state index contributed by atoms with van der Waals surface area (Å²) in [4.78, 5) is 2.52. The molecule has 1 heterocycles. The van der Waals surface area contributed by atoms with Crippen LogP contribution in [0.4, 0.5) is 22.0 Å². The fourth-order valence-corrected chi connectivity index (χ4v) is 2.93. The van der Waals surface area contributed by atoms with E-state index in [1.54, 1.807) is 0 Å². The largest absolute Gasteiger partial charge is 0.408 e. The Balaban J connectivity index is 2.40. The predicted molar refractivity (Wildman–Crippen MR) is 69.7 cm³/mol. The van der Waals surface area contributed by atoms with Crippen LogP contribution in [0.5, 0.6) is 0 Å². The average Bonchev–Trinajstić information content (AvgIpc) is 2.45. The lowest BCUT2D eigenvalue weighted by Crippen LogP contribution is -2.38. The van der Waals surface area contributed by atoms with Crippen LogP contribution < -0.4 is 4.72 Å². The Labute approximate surface area is 128 Å². The molecule has 0 saturated carbocycles. The van der Waals surface area contributed by atoms with Crippen molar-refractivity contribution in [1.29, 1.82) is 0 Å². The van der Waals surface area contributed by atoms with Crippen LogP contribution >= 0.6 is 0 Å². The molecule has 0 saturated heterocycles. The fraction of sp³-hybridized carbons (Fsp3) is 0.154. The molecule has 124 valence electrons. The van der Waals surface area contributed by atoms with Crippen molar-refractivity contribution in [2.24, 2.45) is 0 Å². The molecular formula is C13H9F5N2O2S. The standard InChI is InChI=1S/C13H9F5N2O2S/c14-9-3-1-8(2-4-9)12(13(16,17)18)20-23(21,22)11-5-10(15)6-19-7-11/h1-7,12,20H/t12-/m1/s1. The summed E-state index contributed by atoms with van der Waals surface area (Å²) in [7, 11) is -4.69. The number of pyridine rings is 1. The Hall–Kier alpha value is -2.07. The first-order valence-electron chi connectivity index (χ1n) is 6.04. The lowest BCUT2D eigenvalue weighted by Gasteiger charge is -2.22. The molecule has 0 aliphatic rings. The summed E-state index contributed by atoms with van der Waals surface area (Å²) in [6.07, 6.45) is -3.56. The number of hydrogen-bond donors (Lipinski definition) is 1. The Kier molecular flexibility index (Phi) is 4.66. The van der Waals surface area contributed by atoms with E-state index in [2.05, 4.69) is 4.98 Å². The second kappa shape index (κ2) is 6.20. The van der Waals surface area contributed by atoms with Crippen LogP contribution in [0.1, 0.15) is 11.6 Å². The van der Waals surface area contributed by atoms with E-state index >= 15 is 0 Å². The number of benzene rings is 1. The predicted octanol–water partition coefficient (Wildman–Crippen LogP) is 2.94. The molecule has 0 fully saturated rings. The van der Waals surface area contributed by atoms with Crippen molar-refractivity contribution in [3.05, 3.63) is 59.9 Å². The van der Waals surface area contributed by atoms with E-state index in [-0.39, 0.29) is 0 Å². The Morgan fingerprint density at radius 1 is 1.00 bits per heavy atom. The van der Waals surface area contributed by atoms with Crippen LogP contribution in [0, 0.1) is 11.6 Å². The first-order valence-corrected chi connectivity index (χ1v) is 7.53. The lowest BCUT2D eigenvalue weighted by molar-refractivity contribution is -0.153. The van der Waals surface area contributed by atoms with Gasteiger partial charge in [0, 0.05) is 6.20 Å². The molecule has 2 rings (SSSR count). The van der Waals surface area contributed by atoms with Crippen LogP contribution in [0.2, 0.25) is 0 Å². The van der Waals surface area contributed by atoms with Crippen LogP contribution in [-0.4, -0.2) is 19.6 Å². The topological polar surface area (TPSA) is 59.1 Å². The van der Waals surface area contributed by atoms with Gasteiger partial charge in [0.05, 0.1) is 6.20 Å². The zero-order valence-electron chi connectivity index (χ0n) is 11.2. The van der Waals surface area contributed by atoms with Crippen molar-refractivity contribution in [1.82, 2.24) is 9.71 Å². The minimum atomic E-state index is -4.98. The SMILES string of the molecule is O=S(=O)(N[C@H](c1ccc(F)cc1)C(F)(F)F)c1cncc(F)c1. The Morgan fingerprint density at radius 2 is 1.61 bits per heavy atom. The zero-order chi connectivity index (χ0) is 17.3. The summed E-state index contributed by atoms with van der Waals surface area (Å²) in [5.41, 5.74) is -0.508. The van der Waals surface area contributed by atoms with E-state index in [4.69, 9.17) is 0 Å². The van der Waals surface area contributed by atoms with E-state index in [0.717, 1.165) is 24.3 Å². The van der Waals surface area contributed by atoms with Gasteiger partial charge >= 0.3 is 6.18 Å². The van der Waals surface area contributed by atoms with Crippen molar-refractivity contribution in [3.8, 4) is 0 Å². The quantitative estimate of drug-likeness (QED) is 0.861. The van der Waals surface area contributed by atoms with Crippen LogP contribution in [0.15, 0.2) is 47.6 Å². The van der Waals surface area contributed by atoms with Crippen molar-refractivity contribution in [3.63, 3.8) is 0 Å². The minimum absolute atomic E-state index is 0.508. The molecule has 1 aromatic heterocycles. The van der Waals surface area contributed by atoms with Gasteiger partial charge in [-0.1, -0.05) is 12.1 Å². The van der Waals surface area contributed by atoms with Crippen molar-refractivity contribution in [2.45, 2.75) is 17.1 Å². The van der Waals surface area contributed by atoms with Gasteiger partial charge in [0.25, 0.3) is 0 Å². The maximum Gasteiger partial charge on any atom is 0.408 e. The number of alkyl halides is 3. The summed E-state index contributed by atoms with van der Waals surface area (Å²) in [5.74, 6) is -1.79. The fourth-order valence-electron chi connectivity index (χ4n) is 1.74. The van der Waals surface area contributed by atoms with E-state index in [1.165, 1.54) is 4.72 Å². The van der Waals surface area contributed by atoms with Crippen molar-refractivity contribution < 1.29 is 30.4 Å². The summed E-state index contributed by atoms with van der Waals surface area (Å²) in [5, 5.41) is 0. The average molecular weight is 352 g/mol. The third-order valence-electron chi connectivity index (χ3n) is 2.79. The molecule has 0 amide bonds. The number of nitrogens with one attached hydrogen (secondary N) is 1. The maximum atomic E-state index is 13.1. The van der Waals surface area contributed by atoms with Gasteiger partial charge in [-0.05, 0) is 23.8 Å². The number of hydrogen-bond acceptors (Lipinski definition) is 3.